The van der Waals surface area contributed by atoms with Crippen molar-refractivity contribution in [1.29, 1.82) is 0 Å². The molecule has 0 saturated carbocycles. The molecule has 0 bridgehead atoms. The number of nitrogens with one attached hydrogen (secondary N) is 2. The standard InChI is InChI=1S/C31H37ClN4O4.2ClH/c1-20(36-13-9-24(37)10-14-36)17-35-11-7-23(8-12-35)33-31(38)28-16-26-27(34-28)3-2-4-29(26)39-18-21-19-40-30-15-22(32)5-6-25(21)30;;/h2-6,15-16,19-20,23-24,34,37H,7-14,17-18H2,1H3,(H,33,38);2*1H/t20-;;/m0../s1. The SMILES string of the molecule is C[C@@H](CN1CCC(NC(=O)c2cc3c(OCc4coc5cc(Cl)ccc45)cccc3[nH]2)CC1)N1CCC(O)CC1.Cl.Cl. The fraction of sp³-hybridized carbons (Fsp3) is 0.452. The zero-order valence-corrected chi connectivity index (χ0v) is 26.1. The molecule has 2 aromatic carbocycles. The van der Waals surface area contributed by atoms with Gasteiger partial charge in [-0.15, -0.1) is 24.8 Å². The number of likely N-dealkylation sites (tertiary alicyclic amines) is 2. The number of carbonyl (C=O) groups is 1. The van der Waals surface area contributed by atoms with Gasteiger partial charge in [0.25, 0.3) is 5.91 Å². The predicted molar refractivity (Wildman–Crippen MR) is 172 cm³/mol. The molecule has 42 heavy (non-hydrogen) atoms. The fourth-order valence-electron chi connectivity index (χ4n) is 6.04. The van der Waals surface area contributed by atoms with Crippen LogP contribution in [0.25, 0.3) is 21.9 Å². The monoisotopic (exact) mass is 636 g/mol. The molecule has 2 aliphatic rings. The number of aromatic amines is 1. The lowest BCUT2D eigenvalue weighted by Crippen LogP contribution is -2.50. The van der Waals surface area contributed by atoms with Crippen LogP contribution in [0.4, 0.5) is 0 Å². The van der Waals surface area contributed by atoms with E-state index >= 15 is 0 Å². The largest absolute Gasteiger partial charge is 0.488 e. The second-order valence-corrected chi connectivity index (χ2v) is 11.7. The lowest BCUT2D eigenvalue weighted by atomic mass is 10.0. The lowest BCUT2D eigenvalue weighted by molar-refractivity contribution is 0.0497. The van der Waals surface area contributed by atoms with Crippen molar-refractivity contribution < 1.29 is 19.1 Å². The number of fused-ring (bicyclic) bond motifs is 2. The Labute approximate surface area is 263 Å². The number of H-pyrrole nitrogens is 1. The van der Waals surface area contributed by atoms with Crippen LogP contribution in [0.2, 0.25) is 5.02 Å². The first-order valence-electron chi connectivity index (χ1n) is 14.3. The van der Waals surface area contributed by atoms with E-state index in [0.29, 0.717) is 29.1 Å². The Kier molecular flexibility index (Phi) is 11.1. The van der Waals surface area contributed by atoms with Crippen molar-refractivity contribution in [2.45, 2.75) is 57.4 Å². The number of amides is 1. The maximum Gasteiger partial charge on any atom is 0.267 e. The summed E-state index contributed by atoms with van der Waals surface area (Å²) in [5.41, 5.74) is 3.07. The molecule has 2 aliphatic heterocycles. The zero-order valence-electron chi connectivity index (χ0n) is 23.7. The molecule has 2 saturated heterocycles. The summed E-state index contributed by atoms with van der Waals surface area (Å²) in [5.74, 6) is 0.625. The highest BCUT2D eigenvalue weighted by atomic mass is 35.5. The van der Waals surface area contributed by atoms with Gasteiger partial charge in [-0.2, -0.15) is 0 Å². The summed E-state index contributed by atoms with van der Waals surface area (Å²) in [6.07, 6.45) is 5.18. The van der Waals surface area contributed by atoms with Crippen molar-refractivity contribution in [2.24, 2.45) is 0 Å². The highest BCUT2D eigenvalue weighted by molar-refractivity contribution is 6.31. The van der Waals surface area contributed by atoms with Gasteiger partial charge in [-0.3, -0.25) is 9.69 Å². The van der Waals surface area contributed by atoms with Crippen molar-refractivity contribution in [3.8, 4) is 5.75 Å². The van der Waals surface area contributed by atoms with Gasteiger partial charge in [0.2, 0.25) is 0 Å². The van der Waals surface area contributed by atoms with E-state index in [1.54, 1.807) is 12.3 Å². The number of carbonyl (C=O) groups excluding carboxylic acids is 1. The average molecular weight is 638 g/mol. The predicted octanol–water partition coefficient (Wildman–Crippen LogP) is 6.03. The van der Waals surface area contributed by atoms with Crippen molar-refractivity contribution >= 4 is 64.2 Å². The quantitative estimate of drug-likeness (QED) is 0.219. The number of nitrogens with zero attached hydrogens (tertiary/aromatic N) is 2. The number of hydrogen-bond acceptors (Lipinski definition) is 6. The molecule has 8 nitrogen and oxygen atoms in total. The summed E-state index contributed by atoms with van der Waals surface area (Å²) in [5, 5.41) is 15.5. The molecular weight excluding hydrogens is 599 g/mol. The first kappa shape index (κ1) is 32.5. The van der Waals surface area contributed by atoms with Crippen LogP contribution in [-0.2, 0) is 6.61 Å². The molecule has 1 amide bonds. The highest BCUT2D eigenvalue weighted by Gasteiger charge is 2.26. The molecule has 228 valence electrons. The Balaban J connectivity index is 0.00000202. The summed E-state index contributed by atoms with van der Waals surface area (Å²) in [6.45, 7) is 7.56. The molecule has 6 rings (SSSR count). The van der Waals surface area contributed by atoms with Gasteiger partial charge >= 0.3 is 0 Å². The maximum absolute atomic E-state index is 13.2. The van der Waals surface area contributed by atoms with Gasteiger partial charge < -0.3 is 29.5 Å². The third kappa shape index (κ3) is 7.36. The van der Waals surface area contributed by atoms with Crippen LogP contribution in [0.15, 0.2) is 53.1 Å². The van der Waals surface area contributed by atoms with Crippen LogP contribution in [0.5, 0.6) is 5.75 Å². The van der Waals surface area contributed by atoms with E-state index in [0.717, 1.165) is 85.8 Å². The van der Waals surface area contributed by atoms with Gasteiger partial charge in [-0.25, -0.2) is 0 Å². The van der Waals surface area contributed by atoms with Crippen molar-refractivity contribution in [3.05, 3.63) is 65.0 Å². The zero-order chi connectivity index (χ0) is 27.6. The number of furan rings is 1. The molecule has 0 unspecified atom stereocenters. The minimum Gasteiger partial charge on any atom is -0.488 e. The first-order chi connectivity index (χ1) is 19.4. The van der Waals surface area contributed by atoms with E-state index in [9.17, 15) is 9.90 Å². The number of aromatic nitrogens is 1. The molecule has 0 radical (unpaired) electrons. The molecular formula is C31H39Cl3N4O4. The first-order valence-corrected chi connectivity index (χ1v) is 14.7. The number of ether oxygens (including phenoxy) is 1. The number of hydrogen-bond donors (Lipinski definition) is 3. The van der Waals surface area contributed by atoms with Crippen molar-refractivity contribution in [3.63, 3.8) is 0 Å². The van der Waals surface area contributed by atoms with E-state index < -0.39 is 0 Å². The number of halogens is 3. The lowest BCUT2D eigenvalue weighted by Gasteiger charge is -2.39. The van der Waals surface area contributed by atoms with Crippen LogP contribution >= 0.6 is 36.4 Å². The number of aliphatic hydroxyl groups excluding tert-OH is 1. The molecule has 0 aliphatic carbocycles. The molecule has 1 atom stereocenters. The minimum absolute atomic E-state index is 0. The molecule has 4 aromatic rings. The smallest absolute Gasteiger partial charge is 0.267 e. The normalized spacial score (nSPS) is 18.0. The fourth-order valence-corrected chi connectivity index (χ4v) is 6.20. The molecule has 2 aromatic heterocycles. The summed E-state index contributed by atoms with van der Waals surface area (Å²) >= 11 is 6.07. The van der Waals surface area contributed by atoms with Crippen LogP contribution in [-0.4, -0.2) is 76.7 Å². The second kappa shape index (κ2) is 14.3. The third-order valence-electron chi connectivity index (χ3n) is 8.44. The van der Waals surface area contributed by atoms with Crippen LogP contribution < -0.4 is 10.1 Å². The number of piperidine rings is 2. The number of aliphatic hydroxyl groups is 1. The Morgan fingerprint density at radius 2 is 1.86 bits per heavy atom. The summed E-state index contributed by atoms with van der Waals surface area (Å²) in [6, 6.07) is 13.9. The number of rotatable bonds is 8. The summed E-state index contributed by atoms with van der Waals surface area (Å²) in [7, 11) is 0. The van der Waals surface area contributed by atoms with Gasteiger partial charge in [0.15, 0.2) is 0 Å². The Hall–Kier alpha value is -2.46. The summed E-state index contributed by atoms with van der Waals surface area (Å²) < 4.78 is 11.8. The molecule has 11 heteroatoms. The number of benzene rings is 2. The summed E-state index contributed by atoms with van der Waals surface area (Å²) in [4.78, 5) is 21.4. The minimum atomic E-state index is -0.137. The Morgan fingerprint density at radius 3 is 2.62 bits per heavy atom. The van der Waals surface area contributed by atoms with Gasteiger partial charge in [-0.1, -0.05) is 17.7 Å². The van der Waals surface area contributed by atoms with Crippen molar-refractivity contribution in [2.75, 3.05) is 32.7 Å². The second-order valence-electron chi connectivity index (χ2n) is 11.3. The maximum atomic E-state index is 13.2. The average Bonchev–Trinajstić information content (AvgIpc) is 3.57. The van der Waals surface area contributed by atoms with Gasteiger partial charge in [0, 0.05) is 71.7 Å². The van der Waals surface area contributed by atoms with Gasteiger partial charge in [0.05, 0.1) is 12.4 Å². The van der Waals surface area contributed by atoms with E-state index in [2.05, 4.69) is 27.0 Å². The van der Waals surface area contributed by atoms with E-state index in [1.165, 1.54) is 0 Å². The van der Waals surface area contributed by atoms with E-state index in [4.69, 9.17) is 20.8 Å². The van der Waals surface area contributed by atoms with Crippen LogP contribution in [0.1, 0.15) is 48.7 Å². The molecule has 4 heterocycles. The van der Waals surface area contributed by atoms with E-state index in [-0.39, 0.29) is 42.9 Å². The van der Waals surface area contributed by atoms with Gasteiger partial charge in [-0.05, 0) is 69.0 Å². The van der Waals surface area contributed by atoms with Crippen molar-refractivity contribution in [1.82, 2.24) is 20.1 Å². The topological polar surface area (TPSA) is 94.0 Å². The molecule has 3 N–H and O–H groups in total. The van der Waals surface area contributed by atoms with E-state index in [1.807, 2.05) is 36.4 Å². The van der Waals surface area contributed by atoms with Crippen LogP contribution in [0.3, 0.4) is 0 Å². The Morgan fingerprint density at radius 1 is 1.10 bits per heavy atom. The highest BCUT2D eigenvalue weighted by Crippen LogP contribution is 2.30. The van der Waals surface area contributed by atoms with Gasteiger partial charge in [0.1, 0.15) is 23.6 Å². The third-order valence-corrected chi connectivity index (χ3v) is 8.67. The molecule has 0 spiro atoms. The Bertz CT molecular complexity index is 1480. The van der Waals surface area contributed by atoms with Crippen LogP contribution in [0, 0.1) is 0 Å². The molecule has 2 fully saturated rings.